The SMILES string of the molecule is O[C@H]1CCCC[C@@H]1n1cnc(I)c1I. The zero-order valence-electron chi connectivity index (χ0n) is 7.66. The number of halogens is 2. The molecule has 0 amide bonds. The molecule has 0 aliphatic heterocycles. The highest BCUT2D eigenvalue weighted by molar-refractivity contribution is 14.1. The van der Waals surface area contributed by atoms with E-state index in [1.807, 2.05) is 6.33 Å². The van der Waals surface area contributed by atoms with Crippen LogP contribution in [0.15, 0.2) is 6.33 Å². The fourth-order valence-electron chi connectivity index (χ4n) is 1.97. The molecule has 78 valence electrons. The van der Waals surface area contributed by atoms with Gasteiger partial charge in [-0.3, -0.25) is 0 Å². The van der Waals surface area contributed by atoms with E-state index in [0.29, 0.717) is 0 Å². The summed E-state index contributed by atoms with van der Waals surface area (Å²) in [6.45, 7) is 0. The third kappa shape index (κ3) is 2.08. The van der Waals surface area contributed by atoms with Crippen molar-refractivity contribution in [2.75, 3.05) is 0 Å². The molecule has 0 aromatic carbocycles. The molecular weight excluding hydrogens is 406 g/mol. The van der Waals surface area contributed by atoms with Crippen LogP contribution in [-0.4, -0.2) is 20.8 Å². The molecular formula is C9H12I2N2O. The van der Waals surface area contributed by atoms with Gasteiger partial charge in [-0.05, 0) is 58.0 Å². The van der Waals surface area contributed by atoms with E-state index in [1.165, 1.54) is 6.42 Å². The van der Waals surface area contributed by atoms with Crippen molar-refractivity contribution < 1.29 is 5.11 Å². The van der Waals surface area contributed by atoms with Gasteiger partial charge in [0.25, 0.3) is 0 Å². The molecule has 14 heavy (non-hydrogen) atoms. The van der Waals surface area contributed by atoms with E-state index in [4.69, 9.17) is 0 Å². The van der Waals surface area contributed by atoms with E-state index in [9.17, 15) is 5.11 Å². The lowest BCUT2D eigenvalue weighted by atomic mass is 9.92. The fourth-order valence-corrected chi connectivity index (χ4v) is 3.00. The molecule has 3 nitrogen and oxygen atoms in total. The maximum atomic E-state index is 9.90. The Labute approximate surface area is 111 Å². The summed E-state index contributed by atoms with van der Waals surface area (Å²) in [6, 6.07) is 0.242. The normalized spacial score (nSPS) is 27.9. The predicted octanol–water partition coefficient (Wildman–Crippen LogP) is 2.57. The van der Waals surface area contributed by atoms with E-state index in [2.05, 4.69) is 54.7 Å². The van der Waals surface area contributed by atoms with Crippen molar-refractivity contribution in [3.05, 3.63) is 13.7 Å². The van der Waals surface area contributed by atoms with E-state index < -0.39 is 0 Å². The molecule has 0 saturated heterocycles. The Kier molecular flexibility index (Phi) is 3.69. The largest absolute Gasteiger partial charge is 0.391 e. The van der Waals surface area contributed by atoms with Crippen LogP contribution in [0, 0.1) is 7.40 Å². The molecule has 2 rings (SSSR count). The molecule has 0 unspecified atom stereocenters. The number of hydrogen-bond donors (Lipinski definition) is 1. The van der Waals surface area contributed by atoms with E-state index in [0.717, 1.165) is 26.7 Å². The van der Waals surface area contributed by atoms with Crippen LogP contribution in [0.5, 0.6) is 0 Å². The van der Waals surface area contributed by atoms with Gasteiger partial charge in [-0.1, -0.05) is 12.8 Å². The van der Waals surface area contributed by atoms with Gasteiger partial charge in [0, 0.05) is 0 Å². The highest BCUT2D eigenvalue weighted by Crippen LogP contribution is 2.30. The van der Waals surface area contributed by atoms with Gasteiger partial charge >= 0.3 is 0 Å². The minimum atomic E-state index is -0.192. The van der Waals surface area contributed by atoms with Crippen LogP contribution in [0.4, 0.5) is 0 Å². The second-order valence-corrected chi connectivity index (χ2v) is 5.70. The molecule has 5 heteroatoms. The van der Waals surface area contributed by atoms with Crippen LogP contribution in [0.3, 0.4) is 0 Å². The third-order valence-electron chi connectivity index (χ3n) is 2.74. The number of aromatic nitrogens is 2. The van der Waals surface area contributed by atoms with Crippen LogP contribution >= 0.6 is 45.2 Å². The summed E-state index contributed by atoms with van der Waals surface area (Å²) in [5.74, 6) is 0. The van der Waals surface area contributed by atoms with Gasteiger partial charge in [-0.25, -0.2) is 4.98 Å². The average Bonchev–Trinajstić information content (AvgIpc) is 2.49. The Morgan fingerprint density at radius 1 is 1.36 bits per heavy atom. The van der Waals surface area contributed by atoms with Gasteiger partial charge in [0.2, 0.25) is 0 Å². The number of imidazole rings is 1. The summed E-state index contributed by atoms with van der Waals surface area (Å²) < 4.78 is 4.29. The molecule has 1 aliphatic rings. The highest BCUT2D eigenvalue weighted by atomic mass is 127. The van der Waals surface area contributed by atoms with Crippen molar-refractivity contribution in [1.82, 2.24) is 9.55 Å². The summed E-state index contributed by atoms with van der Waals surface area (Å²) in [7, 11) is 0. The molecule has 1 aromatic rings. The number of nitrogens with zero attached hydrogens (tertiary/aromatic N) is 2. The van der Waals surface area contributed by atoms with E-state index >= 15 is 0 Å². The molecule has 1 saturated carbocycles. The number of hydrogen-bond acceptors (Lipinski definition) is 2. The molecule has 1 heterocycles. The van der Waals surface area contributed by atoms with Crippen molar-refractivity contribution in [1.29, 1.82) is 0 Å². The van der Waals surface area contributed by atoms with Crippen LogP contribution in [0.1, 0.15) is 31.7 Å². The number of aliphatic hydroxyl groups is 1. The minimum absolute atomic E-state index is 0.192. The number of aliphatic hydroxyl groups excluding tert-OH is 1. The standard InChI is InChI=1S/C9H12I2N2O/c10-8-9(11)13(5-12-8)6-3-1-2-4-7(6)14/h5-7,14H,1-4H2/t6-,7-/m0/s1. The summed E-state index contributed by atoms with van der Waals surface area (Å²) in [6.07, 6.45) is 6.02. The summed E-state index contributed by atoms with van der Waals surface area (Å²) in [4.78, 5) is 4.26. The first kappa shape index (κ1) is 11.1. The lowest BCUT2D eigenvalue weighted by Gasteiger charge is -2.29. The van der Waals surface area contributed by atoms with Gasteiger partial charge in [-0.15, -0.1) is 0 Å². The van der Waals surface area contributed by atoms with Gasteiger partial charge in [0.15, 0.2) is 0 Å². The molecule has 1 aliphatic carbocycles. The maximum absolute atomic E-state index is 9.90. The lowest BCUT2D eigenvalue weighted by Crippen LogP contribution is -2.27. The number of rotatable bonds is 1. The Morgan fingerprint density at radius 2 is 2.07 bits per heavy atom. The zero-order chi connectivity index (χ0) is 10.1. The Morgan fingerprint density at radius 3 is 2.64 bits per heavy atom. The minimum Gasteiger partial charge on any atom is -0.391 e. The molecule has 1 N–H and O–H groups in total. The molecule has 0 spiro atoms. The van der Waals surface area contributed by atoms with Crippen molar-refractivity contribution in [2.24, 2.45) is 0 Å². The molecule has 2 atom stereocenters. The van der Waals surface area contributed by atoms with E-state index in [1.54, 1.807) is 0 Å². The maximum Gasteiger partial charge on any atom is 0.132 e. The van der Waals surface area contributed by atoms with Crippen LogP contribution < -0.4 is 0 Å². The van der Waals surface area contributed by atoms with Gasteiger partial charge in [-0.2, -0.15) is 0 Å². The molecule has 1 fully saturated rings. The van der Waals surface area contributed by atoms with Crippen LogP contribution in [-0.2, 0) is 0 Å². The first-order valence-corrected chi connectivity index (χ1v) is 6.92. The van der Waals surface area contributed by atoms with Gasteiger partial charge < -0.3 is 9.67 Å². The summed E-state index contributed by atoms with van der Waals surface area (Å²) in [5, 5.41) is 9.90. The fraction of sp³-hybridized carbons (Fsp3) is 0.667. The lowest BCUT2D eigenvalue weighted by molar-refractivity contribution is 0.0743. The second-order valence-electron chi connectivity index (χ2n) is 3.65. The highest BCUT2D eigenvalue weighted by Gasteiger charge is 2.26. The van der Waals surface area contributed by atoms with Crippen LogP contribution in [0.25, 0.3) is 0 Å². The summed E-state index contributed by atoms with van der Waals surface area (Å²) in [5.41, 5.74) is 0. The van der Waals surface area contributed by atoms with Crippen molar-refractivity contribution in [3.63, 3.8) is 0 Å². The molecule has 0 radical (unpaired) electrons. The quantitative estimate of drug-likeness (QED) is 0.713. The Bertz CT molecular complexity index is 327. The average molecular weight is 418 g/mol. The second kappa shape index (κ2) is 4.65. The first-order chi connectivity index (χ1) is 6.70. The summed E-state index contributed by atoms with van der Waals surface area (Å²) >= 11 is 4.52. The third-order valence-corrected chi connectivity index (χ3v) is 5.63. The zero-order valence-corrected chi connectivity index (χ0v) is 12.0. The van der Waals surface area contributed by atoms with Gasteiger partial charge in [0.1, 0.15) is 7.40 Å². The van der Waals surface area contributed by atoms with Crippen molar-refractivity contribution in [3.8, 4) is 0 Å². The monoisotopic (exact) mass is 418 g/mol. The topological polar surface area (TPSA) is 38.0 Å². The Hall–Kier alpha value is 0.630. The first-order valence-electron chi connectivity index (χ1n) is 4.76. The van der Waals surface area contributed by atoms with Crippen molar-refractivity contribution >= 4 is 45.2 Å². The molecule has 1 aromatic heterocycles. The van der Waals surface area contributed by atoms with Gasteiger partial charge in [0.05, 0.1) is 18.5 Å². The Balaban J connectivity index is 2.24. The van der Waals surface area contributed by atoms with Crippen LogP contribution in [0.2, 0.25) is 0 Å². The van der Waals surface area contributed by atoms with Crippen molar-refractivity contribution in [2.45, 2.75) is 37.8 Å². The predicted molar refractivity (Wildman–Crippen MR) is 71.2 cm³/mol. The smallest absolute Gasteiger partial charge is 0.132 e. The van der Waals surface area contributed by atoms with E-state index in [-0.39, 0.29) is 12.1 Å². The molecule has 0 bridgehead atoms.